The van der Waals surface area contributed by atoms with Crippen LogP contribution in [0.5, 0.6) is 0 Å². The zero-order chi connectivity index (χ0) is 10.4. The lowest BCUT2D eigenvalue weighted by Gasteiger charge is -2.06. The molecule has 0 amide bonds. The highest BCUT2D eigenvalue weighted by Crippen LogP contribution is 2.12. The highest BCUT2D eigenvalue weighted by molar-refractivity contribution is 5.30. The van der Waals surface area contributed by atoms with E-state index in [-0.39, 0.29) is 0 Å². The Morgan fingerprint density at radius 3 is 2.15 bits per heavy atom. The lowest BCUT2D eigenvalue weighted by molar-refractivity contribution is 1.01. The lowest BCUT2D eigenvalue weighted by atomic mass is 10.1. The molecule has 0 bridgehead atoms. The Labute approximate surface area is 82.2 Å². The number of nitrogens with zero attached hydrogens (tertiary/aromatic N) is 1. The summed E-state index contributed by atoms with van der Waals surface area (Å²) in [5.74, 6) is 0. The Morgan fingerprint density at radius 1 is 1.15 bits per heavy atom. The molecule has 13 heavy (non-hydrogen) atoms. The standard InChI is InChI=1S/C10H15N.C2H6/c1-5-10-6-7(2)11-9(4)8(10)3;1-2/h6H,5H2,1-4H3;1-2H3. The molecule has 0 fully saturated rings. The normalized spacial score (nSPS) is 9.08. The Morgan fingerprint density at radius 2 is 1.69 bits per heavy atom. The molecule has 1 nitrogen and oxygen atoms in total. The topological polar surface area (TPSA) is 12.9 Å². The molecule has 0 N–H and O–H groups in total. The molecule has 1 heterocycles. The van der Waals surface area contributed by atoms with Crippen LogP contribution in [0.1, 0.15) is 43.3 Å². The second kappa shape index (κ2) is 5.74. The molecular weight excluding hydrogens is 158 g/mol. The molecule has 0 saturated carbocycles. The van der Waals surface area contributed by atoms with Crippen LogP contribution in [-0.4, -0.2) is 4.98 Å². The number of rotatable bonds is 1. The first-order valence-electron chi connectivity index (χ1n) is 5.09. The smallest absolute Gasteiger partial charge is 0.0407 e. The van der Waals surface area contributed by atoms with Crippen LogP contribution in [0.3, 0.4) is 0 Å². The van der Waals surface area contributed by atoms with Crippen LogP contribution in [-0.2, 0) is 6.42 Å². The number of hydrogen-bond acceptors (Lipinski definition) is 1. The summed E-state index contributed by atoms with van der Waals surface area (Å²) >= 11 is 0. The number of pyridine rings is 1. The van der Waals surface area contributed by atoms with Crippen LogP contribution in [0.15, 0.2) is 6.07 Å². The SMILES string of the molecule is CC.CCc1cc(C)nc(C)c1C. The van der Waals surface area contributed by atoms with Crippen molar-refractivity contribution in [3.8, 4) is 0 Å². The Hall–Kier alpha value is -0.850. The van der Waals surface area contributed by atoms with E-state index >= 15 is 0 Å². The van der Waals surface area contributed by atoms with Gasteiger partial charge in [-0.25, -0.2) is 0 Å². The predicted octanol–water partition coefficient (Wildman–Crippen LogP) is 3.60. The van der Waals surface area contributed by atoms with Gasteiger partial charge in [0.1, 0.15) is 0 Å². The first-order chi connectivity index (χ1) is 6.15. The number of aryl methyl sites for hydroxylation is 3. The van der Waals surface area contributed by atoms with Gasteiger partial charge in [-0.2, -0.15) is 0 Å². The van der Waals surface area contributed by atoms with Crippen molar-refractivity contribution in [1.82, 2.24) is 4.98 Å². The van der Waals surface area contributed by atoms with E-state index in [1.165, 1.54) is 16.8 Å². The average Bonchev–Trinajstić information content (AvgIpc) is 2.14. The molecule has 74 valence electrons. The van der Waals surface area contributed by atoms with E-state index in [0.29, 0.717) is 0 Å². The fourth-order valence-corrected chi connectivity index (χ4v) is 1.34. The van der Waals surface area contributed by atoms with E-state index in [2.05, 4.69) is 31.8 Å². The highest BCUT2D eigenvalue weighted by atomic mass is 14.7. The molecule has 0 aliphatic rings. The lowest BCUT2D eigenvalue weighted by Crippen LogP contribution is -1.95. The summed E-state index contributed by atoms with van der Waals surface area (Å²) < 4.78 is 0. The third-order valence-corrected chi connectivity index (χ3v) is 2.13. The summed E-state index contributed by atoms with van der Waals surface area (Å²) in [4.78, 5) is 4.38. The van der Waals surface area contributed by atoms with Crippen LogP contribution >= 0.6 is 0 Å². The van der Waals surface area contributed by atoms with Gasteiger partial charge in [0.05, 0.1) is 0 Å². The van der Waals surface area contributed by atoms with Gasteiger partial charge in [-0.3, -0.25) is 4.98 Å². The van der Waals surface area contributed by atoms with Gasteiger partial charge < -0.3 is 0 Å². The largest absolute Gasteiger partial charge is 0.258 e. The number of aromatic nitrogens is 1. The van der Waals surface area contributed by atoms with Crippen molar-refractivity contribution < 1.29 is 0 Å². The molecule has 0 aromatic carbocycles. The van der Waals surface area contributed by atoms with Crippen molar-refractivity contribution in [2.45, 2.75) is 48.0 Å². The molecule has 1 aromatic heterocycles. The summed E-state index contributed by atoms with van der Waals surface area (Å²) in [5.41, 5.74) is 5.07. The van der Waals surface area contributed by atoms with Crippen molar-refractivity contribution >= 4 is 0 Å². The van der Waals surface area contributed by atoms with Gasteiger partial charge in [0, 0.05) is 11.4 Å². The third kappa shape index (κ3) is 3.17. The Bertz CT molecular complexity index is 264. The molecule has 0 spiro atoms. The zero-order valence-corrected chi connectivity index (χ0v) is 9.73. The maximum atomic E-state index is 4.38. The fraction of sp³-hybridized carbons (Fsp3) is 0.583. The summed E-state index contributed by atoms with van der Waals surface area (Å²) in [6.45, 7) is 12.4. The second-order valence-corrected chi connectivity index (χ2v) is 2.99. The first kappa shape index (κ1) is 12.2. The summed E-state index contributed by atoms with van der Waals surface area (Å²) in [6.07, 6.45) is 1.11. The van der Waals surface area contributed by atoms with Gasteiger partial charge in [-0.15, -0.1) is 0 Å². The molecule has 1 rings (SSSR count). The van der Waals surface area contributed by atoms with E-state index in [0.717, 1.165) is 12.1 Å². The van der Waals surface area contributed by atoms with Gasteiger partial charge >= 0.3 is 0 Å². The molecule has 1 aromatic rings. The first-order valence-corrected chi connectivity index (χ1v) is 5.09. The van der Waals surface area contributed by atoms with Crippen molar-refractivity contribution in [3.05, 3.63) is 28.6 Å². The maximum absolute atomic E-state index is 4.38. The van der Waals surface area contributed by atoms with Crippen LogP contribution in [0, 0.1) is 20.8 Å². The van der Waals surface area contributed by atoms with Gasteiger partial charge in [0.2, 0.25) is 0 Å². The summed E-state index contributed by atoms with van der Waals surface area (Å²) in [5, 5.41) is 0. The Balaban J connectivity index is 0.000000671. The zero-order valence-electron chi connectivity index (χ0n) is 9.73. The predicted molar refractivity (Wildman–Crippen MR) is 59.2 cm³/mol. The minimum absolute atomic E-state index is 1.11. The molecular formula is C12H21N. The fourth-order valence-electron chi connectivity index (χ4n) is 1.34. The van der Waals surface area contributed by atoms with E-state index in [4.69, 9.17) is 0 Å². The molecule has 0 saturated heterocycles. The van der Waals surface area contributed by atoms with Gasteiger partial charge in [-0.05, 0) is 44.4 Å². The highest BCUT2D eigenvalue weighted by Gasteiger charge is 2.00. The van der Waals surface area contributed by atoms with Crippen molar-refractivity contribution in [1.29, 1.82) is 0 Å². The van der Waals surface area contributed by atoms with Gasteiger partial charge in [0.15, 0.2) is 0 Å². The van der Waals surface area contributed by atoms with E-state index in [9.17, 15) is 0 Å². The molecule has 1 heteroatoms. The minimum atomic E-state index is 1.11. The molecule has 0 radical (unpaired) electrons. The average molecular weight is 179 g/mol. The maximum Gasteiger partial charge on any atom is 0.0407 e. The van der Waals surface area contributed by atoms with Gasteiger partial charge in [0.25, 0.3) is 0 Å². The van der Waals surface area contributed by atoms with E-state index in [1.54, 1.807) is 0 Å². The second-order valence-electron chi connectivity index (χ2n) is 2.99. The van der Waals surface area contributed by atoms with Gasteiger partial charge in [-0.1, -0.05) is 20.8 Å². The monoisotopic (exact) mass is 179 g/mol. The van der Waals surface area contributed by atoms with E-state index in [1.807, 2.05) is 20.8 Å². The van der Waals surface area contributed by atoms with Crippen LogP contribution < -0.4 is 0 Å². The van der Waals surface area contributed by atoms with E-state index < -0.39 is 0 Å². The van der Waals surface area contributed by atoms with Crippen LogP contribution in [0.25, 0.3) is 0 Å². The third-order valence-electron chi connectivity index (χ3n) is 2.13. The minimum Gasteiger partial charge on any atom is -0.258 e. The quantitative estimate of drug-likeness (QED) is 0.642. The molecule has 0 aliphatic heterocycles. The van der Waals surface area contributed by atoms with Crippen LogP contribution in [0.2, 0.25) is 0 Å². The number of hydrogen-bond donors (Lipinski definition) is 0. The molecule has 0 unspecified atom stereocenters. The van der Waals surface area contributed by atoms with Crippen molar-refractivity contribution in [3.63, 3.8) is 0 Å². The molecule has 0 atom stereocenters. The van der Waals surface area contributed by atoms with Crippen molar-refractivity contribution in [2.24, 2.45) is 0 Å². The molecule has 0 aliphatic carbocycles. The summed E-state index contributed by atoms with van der Waals surface area (Å²) in [7, 11) is 0. The van der Waals surface area contributed by atoms with Crippen molar-refractivity contribution in [2.75, 3.05) is 0 Å². The summed E-state index contributed by atoms with van der Waals surface area (Å²) in [6, 6.07) is 2.17. The van der Waals surface area contributed by atoms with Crippen LogP contribution in [0.4, 0.5) is 0 Å². The Kier molecular flexibility index (Phi) is 5.36.